The average molecular weight is 459 g/mol. The Balaban J connectivity index is 1.83. The Kier molecular flexibility index (Phi) is 6.63. The molecule has 0 spiro atoms. The van der Waals surface area contributed by atoms with E-state index in [0.29, 0.717) is 35.1 Å². The third-order valence-electron chi connectivity index (χ3n) is 5.35. The lowest BCUT2D eigenvalue weighted by Crippen LogP contribution is -2.30. The van der Waals surface area contributed by atoms with Crippen LogP contribution in [0.4, 0.5) is 5.82 Å². The van der Waals surface area contributed by atoms with Crippen LogP contribution in [0.1, 0.15) is 37.9 Å². The number of aliphatic hydroxyl groups excluding tert-OH is 1. The van der Waals surface area contributed by atoms with Gasteiger partial charge in [0.1, 0.15) is 23.1 Å². The van der Waals surface area contributed by atoms with Crippen molar-refractivity contribution in [2.24, 2.45) is 0 Å². The van der Waals surface area contributed by atoms with E-state index in [4.69, 9.17) is 9.47 Å². The first-order chi connectivity index (χ1) is 16.4. The van der Waals surface area contributed by atoms with Crippen molar-refractivity contribution in [2.75, 3.05) is 11.5 Å². The molecule has 174 valence electrons. The van der Waals surface area contributed by atoms with Gasteiger partial charge in [0.25, 0.3) is 5.78 Å². The number of hydrogen-bond acceptors (Lipinski definition) is 6. The molecule has 0 saturated carbocycles. The molecule has 34 heavy (non-hydrogen) atoms. The number of ketones is 1. The molecule has 1 N–H and O–H groups in total. The summed E-state index contributed by atoms with van der Waals surface area (Å²) in [6.07, 6.45) is 1.56. The van der Waals surface area contributed by atoms with Crippen molar-refractivity contribution in [1.82, 2.24) is 4.98 Å². The van der Waals surface area contributed by atoms with Crippen molar-refractivity contribution < 1.29 is 24.2 Å². The van der Waals surface area contributed by atoms with Crippen LogP contribution in [0.25, 0.3) is 5.76 Å². The van der Waals surface area contributed by atoms with Gasteiger partial charge in [-0.25, -0.2) is 4.98 Å². The van der Waals surface area contributed by atoms with Gasteiger partial charge in [-0.2, -0.15) is 0 Å². The lowest BCUT2D eigenvalue weighted by atomic mass is 9.95. The molecule has 7 nitrogen and oxygen atoms in total. The van der Waals surface area contributed by atoms with Crippen molar-refractivity contribution in [3.63, 3.8) is 0 Å². The molecule has 1 aliphatic heterocycles. The highest BCUT2D eigenvalue weighted by Crippen LogP contribution is 2.42. The summed E-state index contributed by atoms with van der Waals surface area (Å²) in [7, 11) is 0. The summed E-state index contributed by atoms with van der Waals surface area (Å²) in [5.41, 5.74) is 1.05. The number of nitrogens with zero attached hydrogens (tertiary/aromatic N) is 2. The largest absolute Gasteiger partial charge is 0.507 e. The van der Waals surface area contributed by atoms with Gasteiger partial charge in [0.15, 0.2) is 0 Å². The molecule has 1 aliphatic rings. The number of aliphatic hydroxyl groups is 1. The molecule has 3 aromatic rings. The van der Waals surface area contributed by atoms with Gasteiger partial charge < -0.3 is 14.6 Å². The maximum atomic E-state index is 13.2. The summed E-state index contributed by atoms with van der Waals surface area (Å²) in [6.45, 7) is 6.25. The van der Waals surface area contributed by atoms with Crippen LogP contribution in [-0.2, 0) is 9.59 Å². The van der Waals surface area contributed by atoms with Crippen LogP contribution in [0, 0.1) is 0 Å². The topological polar surface area (TPSA) is 89.0 Å². The molecule has 1 fully saturated rings. The van der Waals surface area contributed by atoms with E-state index in [9.17, 15) is 14.7 Å². The molecule has 4 rings (SSSR count). The number of aromatic nitrogens is 1. The quantitative estimate of drug-likeness (QED) is 0.308. The third kappa shape index (κ3) is 4.50. The number of carbonyl (C=O) groups excluding carboxylic acids is 2. The highest BCUT2D eigenvalue weighted by molar-refractivity contribution is 6.51. The zero-order valence-corrected chi connectivity index (χ0v) is 19.3. The molecular weight excluding hydrogens is 432 g/mol. The van der Waals surface area contributed by atoms with Gasteiger partial charge in [-0.3, -0.25) is 14.5 Å². The lowest BCUT2D eigenvalue weighted by Gasteiger charge is -2.24. The molecule has 0 radical (unpaired) electrons. The van der Waals surface area contributed by atoms with Crippen LogP contribution in [0.3, 0.4) is 0 Å². The number of amides is 1. The summed E-state index contributed by atoms with van der Waals surface area (Å²) in [4.78, 5) is 31.9. The predicted octanol–water partition coefficient (Wildman–Crippen LogP) is 4.89. The van der Waals surface area contributed by atoms with E-state index in [1.165, 1.54) is 4.90 Å². The number of rotatable bonds is 7. The Morgan fingerprint density at radius 2 is 1.68 bits per heavy atom. The smallest absolute Gasteiger partial charge is 0.301 e. The summed E-state index contributed by atoms with van der Waals surface area (Å²) in [5, 5.41) is 11.2. The predicted molar refractivity (Wildman–Crippen MR) is 129 cm³/mol. The number of pyridine rings is 1. The molecular formula is C27H26N2O5. The first kappa shape index (κ1) is 23.0. The molecule has 1 atom stereocenters. The fraction of sp³-hybridized carbons (Fsp3) is 0.222. The fourth-order valence-electron chi connectivity index (χ4n) is 3.91. The SMILES string of the molecule is CCOc1ccc([C@H]2/C(=C(\O)c3ccc(OC(C)C)cc3)C(=O)C(=O)N2c2ccccn2)cc1. The summed E-state index contributed by atoms with van der Waals surface area (Å²) < 4.78 is 11.2. The van der Waals surface area contributed by atoms with Crippen LogP contribution >= 0.6 is 0 Å². The summed E-state index contributed by atoms with van der Waals surface area (Å²) >= 11 is 0. The van der Waals surface area contributed by atoms with Gasteiger partial charge in [0.2, 0.25) is 0 Å². The average Bonchev–Trinajstić information content (AvgIpc) is 3.10. The molecule has 0 bridgehead atoms. The van der Waals surface area contributed by atoms with E-state index >= 15 is 0 Å². The highest BCUT2D eigenvalue weighted by Gasteiger charge is 2.47. The van der Waals surface area contributed by atoms with Gasteiger partial charge in [-0.1, -0.05) is 18.2 Å². The molecule has 1 saturated heterocycles. The zero-order valence-electron chi connectivity index (χ0n) is 19.3. The van der Waals surface area contributed by atoms with Crippen molar-refractivity contribution >= 4 is 23.3 Å². The number of Topliss-reactive ketones (excluding diaryl/α,β-unsaturated/α-hetero) is 1. The van der Waals surface area contributed by atoms with Gasteiger partial charge in [-0.05, 0) is 74.9 Å². The summed E-state index contributed by atoms with van der Waals surface area (Å²) in [6, 6.07) is 18.2. The van der Waals surface area contributed by atoms with Crippen LogP contribution in [0.2, 0.25) is 0 Å². The normalized spacial score (nSPS) is 17.3. The minimum atomic E-state index is -0.850. The van der Waals surface area contributed by atoms with Crippen molar-refractivity contribution in [1.29, 1.82) is 0 Å². The first-order valence-electron chi connectivity index (χ1n) is 11.1. The van der Waals surface area contributed by atoms with E-state index in [0.717, 1.165) is 0 Å². The molecule has 2 aromatic carbocycles. The number of benzene rings is 2. The van der Waals surface area contributed by atoms with Crippen LogP contribution in [0.15, 0.2) is 78.5 Å². The fourth-order valence-corrected chi connectivity index (χ4v) is 3.91. The second kappa shape index (κ2) is 9.79. The Hall–Kier alpha value is -4.13. The molecule has 0 aliphatic carbocycles. The standard InChI is InChI=1S/C27H26N2O5/c1-4-33-20-12-8-18(9-13-20)24-23(25(30)19-10-14-21(15-11-19)34-17(2)3)26(31)27(32)29(24)22-7-5-6-16-28-22/h5-17,24,30H,4H2,1-3H3/b25-23+/t24-/m0/s1. The van der Waals surface area contributed by atoms with E-state index < -0.39 is 17.7 Å². The Labute approximate surface area is 198 Å². The molecule has 2 heterocycles. The molecule has 1 aromatic heterocycles. The Morgan fingerprint density at radius 3 is 2.26 bits per heavy atom. The van der Waals surface area contributed by atoms with Crippen LogP contribution < -0.4 is 14.4 Å². The van der Waals surface area contributed by atoms with E-state index in [-0.39, 0.29) is 17.4 Å². The van der Waals surface area contributed by atoms with E-state index in [1.807, 2.05) is 20.8 Å². The van der Waals surface area contributed by atoms with Gasteiger partial charge in [-0.15, -0.1) is 0 Å². The maximum Gasteiger partial charge on any atom is 0.301 e. The third-order valence-corrected chi connectivity index (χ3v) is 5.35. The number of hydrogen-bond donors (Lipinski definition) is 1. The van der Waals surface area contributed by atoms with Crippen molar-refractivity contribution in [3.8, 4) is 11.5 Å². The molecule has 7 heteroatoms. The second-order valence-electron chi connectivity index (χ2n) is 8.05. The minimum Gasteiger partial charge on any atom is -0.507 e. The summed E-state index contributed by atoms with van der Waals surface area (Å²) in [5.74, 6) is -0.149. The Bertz CT molecular complexity index is 1200. The van der Waals surface area contributed by atoms with Gasteiger partial charge in [0.05, 0.1) is 24.3 Å². The highest BCUT2D eigenvalue weighted by atomic mass is 16.5. The molecule has 1 amide bonds. The Morgan fingerprint density at radius 1 is 1.00 bits per heavy atom. The van der Waals surface area contributed by atoms with Crippen molar-refractivity contribution in [2.45, 2.75) is 32.9 Å². The number of ether oxygens (including phenoxy) is 2. The van der Waals surface area contributed by atoms with E-state index in [1.54, 1.807) is 72.9 Å². The van der Waals surface area contributed by atoms with E-state index in [2.05, 4.69) is 4.98 Å². The first-order valence-corrected chi connectivity index (χ1v) is 11.1. The van der Waals surface area contributed by atoms with Crippen LogP contribution in [0.5, 0.6) is 11.5 Å². The van der Waals surface area contributed by atoms with Crippen molar-refractivity contribution in [3.05, 3.63) is 89.6 Å². The monoisotopic (exact) mass is 458 g/mol. The molecule has 0 unspecified atom stereocenters. The second-order valence-corrected chi connectivity index (χ2v) is 8.05. The van der Waals surface area contributed by atoms with Gasteiger partial charge in [0, 0.05) is 11.8 Å². The van der Waals surface area contributed by atoms with Gasteiger partial charge >= 0.3 is 5.91 Å². The lowest BCUT2D eigenvalue weighted by molar-refractivity contribution is -0.132. The number of anilines is 1. The minimum absolute atomic E-state index is 0.00246. The number of carbonyl (C=O) groups is 2. The maximum absolute atomic E-state index is 13.2. The van der Waals surface area contributed by atoms with Crippen LogP contribution in [-0.4, -0.2) is 34.5 Å². The zero-order chi connectivity index (χ0) is 24.2.